The van der Waals surface area contributed by atoms with Gasteiger partial charge in [0.05, 0.1) is 17.5 Å². The fourth-order valence-electron chi connectivity index (χ4n) is 8.28. The van der Waals surface area contributed by atoms with Gasteiger partial charge >= 0.3 is 6.36 Å². The molecule has 328 valence electrons. The van der Waals surface area contributed by atoms with Gasteiger partial charge in [-0.3, -0.25) is 34.1 Å². The van der Waals surface area contributed by atoms with Crippen LogP contribution in [0.5, 0.6) is 5.75 Å². The summed E-state index contributed by atoms with van der Waals surface area (Å²) in [4.78, 5) is 60.1. The molecule has 0 spiro atoms. The molecule has 4 amide bonds. The number of hydrogen-bond acceptors (Lipinski definition) is 14. The summed E-state index contributed by atoms with van der Waals surface area (Å²) in [6.45, 7) is 2.80. The van der Waals surface area contributed by atoms with Crippen molar-refractivity contribution in [1.82, 2.24) is 45.8 Å². The van der Waals surface area contributed by atoms with E-state index in [-0.39, 0.29) is 53.8 Å². The fourth-order valence-corrected chi connectivity index (χ4v) is 8.28. The summed E-state index contributed by atoms with van der Waals surface area (Å²) in [7, 11) is 0. The van der Waals surface area contributed by atoms with Crippen LogP contribution < -0.4 is 31.3 Å². The van der Waals surface area contributed by atoms with Gasteiger partial charge in [0.2, 0.25) is 17.8 Å². The number of aryl methyl sites for hydroxylation is 1. The smallest absolute Gasteiger partial charge is 0.405 e. The summed E-state index contributed by atoms with van der Waals surface area (Å²) in [5, 5.41) is 33.7. The van der Waals surface area contributed by atoms with Crippen LogP contribution in [0.25, 0.3) is 0 Å². The standard InChI is InChI=1S/C42H49F3N12O5/c43-42(44,45)62-34-10-3-2-7-27(34)23-50-41-51-24-28(21-46)37(53-41)49-22-26-11-13-29(14-12-26)47-18-4-1-5-20-56-25-30(54-55-56)17-19-48-32-9-6-8-31-36(32)40(61)57(39(31)60)33-15-16-35(58)52-38(33)59/h2-3,6-8,10,24-26,29,32-33,47-48H,1,4-5,9,11-20,22-23H2,(H,52,58,59)(H2,49,50,51,53). The number of imide groups is 2. The van der Waals surface area contributed by atoms with Crippen LogP contribution in [0.3, 0.4) is 0 Å². The van der Waals surface area contributed by atoms with Crippen molar-refractivity contribution < 1.29 is 37.1 Å². The highest BCUT2D eigenvalue weighted by atomic mass is 19.4. The number of nitrogens with zero attached hydrogens (tertiary/aromatic N) is 7. The van der Waals surface area contributed by atoms with E-state index in [1.807, 2.05) is 17.0 Å². The second-order valence-electron chi connectivity index (χ2n) is 15.8. The number of carbonyl (C=O) groups is 4. The molecule has 17 nitrogen and oxygen atoms in total. The van der Waals surface area contributed by atoms with Crippen LogP contribution in [0.2, 0.25) is 0 Å². The Labute approximate surface area is 355 Å². The molecule has 5 N–H and O–H groups in total. The number of unbranched alkanes of at least 4 members (excludes halogenated alkanes) is 2. The van der Waals surface area contributed by atoms with Gasteiger partial charge in [-0.05, 0) is 69.9 Å². The number of hydrogen-bond donors (Lipinski definition) is 5. The van der Waals surface area contributed by atoms with E-state index in [2.05, 4.69) is 57.7 Å². The average molecular weight is 859 g/mol. The number of carbonyl (C=O) groups excluding carboxylic acids is 4. The lowest BCUT2D eigenvalue weighted by molar-refractivity contribution is -0.274. The molecule has 2 atom stereocenters. The van der Waals surface area contributed by atoms with Gasteiger partial charge in [-0.1, -0.05) is 42.0 Å². The van der Waals surface area contributed by atoms with Gasteiger partial charge in [0, 0.05) is 68.4 Å². The molecule has 0 radical (unpaired) electrons. The molecule has 2 fully saturated rings. The number of aromatic nitrogens is 5. The number of para-hydroxylation sites is 1. The normalized spacial score (nSPS) is 21.5. The molecule has 1 saturated carbocycles. The highest BCUT2D eigenvalue weighted by Crippen LogP contribution is 2.33. The first-order chi connectivity index (χ1) is 30.0. The minimum absolute atomic E-state index is 0.00695. The number of nitrogens with one attached hydrogen (secondary N) is 5. The zero-order valence-corrected chi connectivity index (χ0v) is 34.0. The molecule has 62 heavy (non-hydrogen) atoms. The van der Waals surface area contributed by atoms with Crippen LogP contribution in [-0.2, 0) is 38.7 Å². The summed E-state index contributed by atoms with van der Waals surface area (Å²) in [6.07, 6.45) is 10.4. The first-order valence-electron chi connectivity index (χ1n) is 21.0. The van der Waals surface area contributed by atoms with Crippen molar-refractivity contribution in [2.75, 3.05) is 30.3 Å². The van der Waals surface area contributed by atoms with Crippen LogP contribution in [0.15, 0.2) is 60.0 Å². The number of amides is 4. The molecule has 2 aliphatic heterocycles. The first-order valence-corrected chi connectivity index (χ1v) is 21.0. The van der Waals surface area contributed by atoms with Crippen LogP contribution in [0, 0.1) is 17.2 Å². The second-order valence-corrected chi connectivity index (χ2v) is 15.8. The third-order valence-corrected chi connectivity index (χ3v) is 11.5. The van der Waals surface area contributed by atoms with E-state index < -0.39 is 36.0 Å². The second kappa shape index (κ2) is 20.1. The molecule has 3 aromatic rings. The zero-order valence-electron chi connectivity index (χ0n) is 34.0. The Morgan fingerprint density at radius 1 is 0.968 bits per heavy atom. The van der Waals surface area contributed by atoms with Crippen LogP contribution in [0.4, 0.5) is 24.9 Å². The van der Waals surface area contributed by atoms with Gasteiger partial charge in [-0.2, -0.15) is 10.2 Å². The predicted molar refractivity (Wildman–Crippen MR) is 218 cm³/mol. The molecule has 0 bridgehead atoms. The highest BCUT2D eigenvalue weighted by Gasteiger charge is 2.47. The molecule has 4 aliphatic rings. The number of nitriles is 1. The van der Waals surface area contributed by atoms with Crippen molar-refractivity contribution in [3.63, 3.8) is 0 Å². The van der Waals surface area contributed by atoms with Crippen molar-refractivity contribution in [2.24, 2.45) is 5.92 Å². The summed E-state index contributed by atoms with van der Waals surface area (Å²) >= 11 is 0. The molecule has 2 aliphatic carbocycles. The van der Waals surface area contributed by atoms with Crippen molar-refractivity contribution in [3.05, 3.63) is 76.8 Å². The minimum Gasteiger partial charge on any atom is -0.405 e. The van der Waals surface area contributed by atoms with E-state index in [9.17, 15) is 37.6 Å². The minimum atomic E-state index is -4.81. The lowest BCUT2D eigenvalue weighted by Crippen LogP contribution is -2.55. The molecular formula is C42H49F3N12O5. The fraction of sp³-hybridized carbons (Fsp3) is 0.500. The Hall–Kier alpha value is -6.20. The first kappa shape index (κ1) is 43.9. The van der Waals surface area contributed by atoms with Crippen molar-refractivity contribution in [3.8, 4) is 11.8 Å². The molecule has 20 heteroatoms. The monoisotopic (exact) mass is 858 g/mol. The summed E-state index contributed by atoms with van der Waals surface area (Å²) < 4.78 is 44.4. The molecule has 4 heterocycles. The van der Waals surface area contributed by atoms with Crippen LogP contribution >= 0.6 is 0 Å². The number of benzene rings is 1. The van der Waals surface area contributed by atoms with Gasteiger partial charge in [-0.15, -0.1) is 18.3 Å². The third kappa shape index (κ3) is 11.2. The van der Waals surface area contributed by atoms with Crippen LogP contribution in [-0.4, -0.2) is 97.6 Å². The Bertz CT molecular complexity index is 2230. The maximum absolute atomic E-state index is 13.4. The van der Waals surface area contributed by atoms with Gasteiger partial charge in [-0.25, -0.2) is 4.98 Å². The average Bonchev–Trinajstić information content (AvgIpc) is 3.81. The zero-order chi connectivity index (χ0) is 43.6. The molecule has 1 saturated heterocycles. The SMILES string of the molecule is N#Cc1cnc(NCc2ccccc2OC(F)(F)F)nc1NCC1CCC(NCCCCCn2cc(CCNC3CC=CC4=C3C(=O)N(C3CCC(=O)NC3=O)C4=O)nn2)CC1. The van der Waals surface area contributed by atoms with Gasteiger partial charge < -0.3 is 26.0 Å². The lowest BCUT2D eigenvalue weighted by Gasteiger charge is -2.29. The van der Waals surface area contributed by atoms with E-state index in [1.165, 1.54) is 24.4 Å². The van der Waals surface area contributed by atoms with E-state index in [0.717, 1.165) is 68.6 Å². The van der Waals surface area contributed by atoms with E-state index in [1.54, 1.807) is 12.1 Å². The Morgan fingerprint density at radius 3 is 2.58 bits per heavy atom. The highest BCUT2D eigenvalue weighted by molar-refractivity contribution is 6.23. The number of anilines is 2. The molecule has 1 aromatic carbocycles. The third-order valence-electron chi connectivity index (χ3n) is 11.5. The van der Waals surface area contributed by atoms with E-state index in [0.29, 0.717) is 49.3 Å². The van der Waals surface area contributed by atoms with Crippen molar-refractivity contribution in [2.45, 2.75) is 108 Å². The number of ether oxygens (including phenoxy) is 1. The molecule has 2 unspecified atom stereocenters. The predicted octanol–water partition coefficient (Wildman–Crippen LogP) is 3.81. The largest absolute Gasteiger partial charge is 0.573 e. The topological polar surface area (TPSA) is 221 Å². The number of alkyl halides is 3. The number of rotatable bonds is 19. The van der Waals surface area contributed by atoms with Gasteiger partial charge in [0.15, 0.2) is 0 Å². The van der Waals surface area contributed by atoms with Crippen molar-refractivity contribution >= 4 is 35.4 Å². The van der Waals surface area contributed by atoms with Gasteiger partial charge in [0.25, 0.3) is 11.8 Å². The van der Waals surface area contributed by atoms with Gasteiger partial charge in [0.1, 0.15) is 29.2 Å². The number of piperidine rings is 1. The maximum Gasteiger partial charge on any atom is 0.573 e. The lowest BCUT2D eigenvalue weighted by atomic mass is 9.86. The van der Waals surface area contributed by atoms with Crippen LogP contribution in [0.1, 0.15) is 81.0 Å². The Balaban J connectivity index is 0.756. The molecule has 7 rings (SSSR count). The quantitative estimate of drug-likeness (QED) is 0.0856. The Morgan fingerprint density at radius 2 is 1.79 bits per heavy atom. The number of halogens is 3. The van der Waals surface area contributed by atoms with E-state index in [4.69, 9.17) is 0 Å². The van der Waals surface area contributed by atoms with E-state index >= 15 is 0 Å². The maximum atomic E-state index is 13.4. The molecule has 2 aromatic heterocycles. The molecular weight excluding hydrogens is 810 g/mol. The Kier molecular flexibility index (Phi) is 14.2. The summed E-state index contributed by atoms with van der Waals surface area (Å²) in [5.74, 6) is -1.40. The summed E-state index contributed by atoms with van der Waals surface area (Å²) in [6, 6.07) is 6.98. The van der Waals surface area contributed by atoms with Crippen molar-refractivity contribution in [1.29, 1.82) is 5.26 Å². The summed E-state index contributed by atoms with van der Waals surface area (Å²) in [5.41, 5.74) is 2.02.